The smallest absolute Gasteiger partial charge is 0.246 e. The Hall–Kier alpha value is -2.86. The van der Waals surface area contributed by atoms with E-state index in [2.05, 4.69) is 10.2 Å². The Morgan fingerprint density at radius 3 is 2.47 bits per heavy atom. The van der Waals surface area contributed by atoms with Crippen LogP contribution in [-0.4, -0.2) is 60.9 Å². The number of rotatable bonds is 8. The molecule has 32 heavy (non-hydrogen) atoms. The Bertz CT molecular complexity index is 898. The van der Waals surface area contributed by atoms with Crippen LogP contribution in [0.4, 0.5) is 0 Å². The predicted molar refractivity (Wildman–Crippen MR) is 126 cm³/mol. The molecular formula is C26H35N3O3. The second kappa shape index (κ2) is 11.1. The molecule has 6 heteroatoms. The van der Waals surface area contributed by atoms with Crippen LogP contribution < -0.4 is 10.1 Å². The van der Waals surface area contributed by atoms with Gasteiger partial charge in [-0.2, -0.15) is 0 Å². The third-order valence-electron chi connectivity index (χ3n) is 5.55. The summed E-state index contributed by atoms with van der Waals surface area (Å²) in [6.45, 7) is 5.56. The molecule has 1 aliphatic heterocycles. The third kappa shape index (κ3) is 6.57. The van der Waals surface area contributed by atoms with Crippen molar-refractivity contribution in [1.82, 2.24) is 15.1 Å². The van der Waals surface area contributed by atoms with Crippen molar-refractivity contribution in [3.05, 3.63) is 65.7 Å². The van der Waals surface area contributed by atoms with E-state index in [1.807, 2.05) is 87.4 Å². The first kappa shape index (κ1) is 23.8. The number of carbonyl (C=O) groups excluding carboxylic acids is 2. The molecule has 3 rings (SSSR count). The van der Waals surface area contributed by atoms with Crippen molar-refractivity contribution in [2.75, 3.05) is 27.2 Å². The highest BCUT2D eigenvalue weighted by atomic mass is 16.5. The van der Waals surface area contributed by atoms with Crippen molar-refractivity contribution in [3.8, 4) is 5.75 Å². The van der Waals surface area contributed by atoms with E-state index in [1.165, 1.54) is 0 Å². The van der Waals surface area contributed by atoms with Gasteiger partial charge in [0, 0.05) is 31.5 Å². The lowest BCUT2D eigenvalue weighted by Gasteiger charge is -2.34. The Balaban J connectivity index is 1.89. The molecule has 0 saturated carbocycles. The number of carbonyl (C=O) groups is 2. The maximum Gasteiger partial charge on any atom is 0.246 e. The third-order valence-corrected chi connectivity index (χ3v) is 5.55. The summed E-state index contributed by atoms with van der Waals surface area (Å²) in [5, 5.41) is 3.03. The number of nitrogens with one attached hydrogen (secondary N) is 1. The van der Waals surface area contributed by atoms with E-state index in [-0.39, 0.29) is 23.8 Å². The highest BCUT2D eigenvalue weighted by Gasteiger charge is 2.34. The van der Waals surface area contributed by atoms with Gasteiger partial charge in [0.05, 0.1) is 6.04 Å². The number of hydrogen-bond acceptors (Lipinski definition) is 4. The van der Waals surface area contributed by atoms with Crippen LogP contribution in [0.15, 0.2) is 54.6 Å². The largest absolute Gasteiger partial charge is 0.491 e. The van der Waals surface area contributed by atoms with Gasteiger partial charge in [-0.25, -0.2) is 0 Å². The summed E-state index contributed by atoms with van der Waals surface area (Å²) in [6.07, 6.45) is 0.850. The van der Waals surface area contributed by atoms with E-state index >= 15 is 0 Å². The van der Waals surface area contributed by atoms with E-state index in [0.717, 1.165) is 16.9 Å². The van der Waals surface area contributed by atoms with Crippen molar-refractivity contribution in [3.63, 3.8) is 0 Å². The molecule has 2 aromatic rings. The van der Waals surface area contributed by atoms with Gasteiger partial charge in [-0.05, 0) is 31.6 Å². The molecule has 0 fully saturated rings. The van der Waals surface area contributed by atoms with Gasteiger partial charge in [-0.1, -0.05) is 62.4 Å². The molecule has 0 spiro atoms. The zero-order chi connectivity index (χ0) is 23.1. The molecule has 6 nitrogen and oxygen atoms in total. The highest BCUT2D eigenvalue weighted by Crippen LogP contribution is 2.26. The summed E-state index contributed by atoms with van der Waals surface area (Å²) in [5.74, 6) is 0.875. The van der Waals surface area contributed by atoms with Gasteiger partial charge in [0.2, 0.25) is 11.8 Å². The van der Waals surface area contributed by atoms with Crippen molar-refractivity contribution < 1.29 is 14.3 Å². The summed E-state index contributed by atoms with van der Waals surface area (Å²) in [5.41, 5.74) is 2.00. The normalized spacial score (nSPS) is 16.8. The predicted octanol–water partition coefficient (Wildman–Crippen LogP) is 3.11. The summed E-state index contributed by atoms with van der Waals surface area (Å²) in [7, 11) is 3.99. The number of benzene rings is 2. The van der Waals surface area contributed by atoms with E-state index in [9.17, 15) is 9.59 Å². The van der Waals surface area contributed by atoms with E-state index in [1.54, 1.807) is 0 Å². The van der Waals surface area contributed by atoms with Crippen LogP contribution in [0, 0.1) is 5.92 Å². The lowest BCUT2D eigenvalue weighted by molar-refractivity contribution is -0.139. The zero-order valence-corrected chi connectivity index (χ0v) is 19.6. The molecule has 172 valence electrons. The Morgan fingerprint density at radius 1 is 1.09 bits per heavy atom. The fraction of sp³-hybridized carbons (Fsp3) is 0.462. The summed E-state index contributed by atoms with van der Waals surface area (Å²) >= 11 is 0. The van der Waals surface area contributed by atoms with Gasteiger partial charge in [0.15, 0.2) is 0 Å². The molecule has 1 heterocycles. The SMILES string of the molecule is CC(C)CC(=O)N[C@@H](Cc1ccccc1)C(=O)N1Cc2ccccc2OC[C@@H]1CN(C)C. The van der Waals surface area contributed by atoms with Crippen molar-refractivity contribution >= 4 is 11.8 Å². The van der Waals surface area contributed by atoms with Crippen molar-refractivity contribution in [1.29, 1.82) is 0 Å². The van der Waals surface area contributed by atoms with Gasteiger partial charge in [-0.15, -0.1) is 0 Å². The second-order valence-corrected chi connectivity index (χ2v) is 9.21. The fourth-order valence-electron chi connectivity index (χ4n) is 4.07. The molecule has 0 saturated heterocycles. The van der Waals surface area contributed by atoms with Crippen LogP contribution in [-0.2, 0) is 22.6 Å². The van der Waals surface area contributed by atoms with Crippen LogP contribution in [0.25, 0.3) is 0 Å². The summed E-state index contributed by atoms with van der Waals surface area (Å²) < 4.78 is 6.07. The maximum absolute atomic E-state index is 13.9. The first-order valence-electron chi connectivity index (χ1n) is 11.3. The molecule has 2 aromatic carbocycles. The molecule has 2 amide bonds. The maximum atomic E-state index is 13.9. The van der Waals surface area contributed by atoms with Gasteiger partial charge < -0.3 is 19.9 Å². The number of ether oxygens (including phenoxy) is 1. The number of likely N-dealkylation sites (N-methyl/N-ethyl adjacent to an activating group) is 1. The fourth-order valence-corrected chi connectivity index (χ4v) is 4.07. The molecule has 0 bridgehead atoms. The summed E-state index contributed by atoms with van der Waals surface area (Å²) in [4.78, 5) is 30.5. The molecule has 0 radical (unpaired) electrons. The van der Waals surface area contributed by atoms with Crippen LogP contribution in [0.1, 0.15) is 31.4 Å². The highest BCUT2D eigenvalue weighted by molar-refractivity contribution is 5.88. The molecule has 0 aromatic heterocycles. The standard InChI is InChI=1S/C26H35N3O3/c1-19(2)14-25(30)27-23(15-20-10-6-5-7-11-20)26(31)29-16-21-12-8-9-13-24(21)32-18-22(29)17-28(3)4/h5-13,19,22-23H,14-18H2,1-4H3,(H,27,30)/t22-,23-/m0/s1. The molecular weight excluding hydrogens is 402 g/mol. The first-order chi connectivity index (χ1) is 15.3. The Morgan fingerprint density at radius 2 is 1.78 bits per heavy atom. The molecule has 0 aliphatic carbocycles. The average molecular weight is 438 g/mol. The van der Waals surface area contributed by atoms with E-state index < -0.39 is 6.04 Å². The minimum Gasteiger partial charge on any atom is -0.491 e. The topological polar surface area (TPSA) is 61.9 Å². The molecule has 1 aliphatic rings. The zero-order valence-electron chi connectivity index (χ0n) is 19.6. The monoisotopic (exact) mass is 437 g/mol. The molecule has 0 unspecified atom stereocenters. The summed E-state index contributed by atoms with van der Waals surface area (Å²) in [6, 6.07) is 17.0. The lowest BCUT2D eigenvalue weighted by Crippen LogP contribution is -2.55. The number of amides is 2. The Labute approximate surface area is 191 Å². The van der Waals surface area contributed by atoms with Crippen LogP contribution in [0.2, 0.25) is 0 Å². The van der Waals surface area contributed by atoms with Gasteiger partial charge >= 0.3 is 0 Å². The number of fused-ring (bicyclic) bond motifs is 1. The quantitative estimate of drug-likeness (QED) is 0.689. The second-order valence-electron chi connectivity index (χ2n) is 9.21. The van der Waals surface area contributed by atoms with E-state index in [0.29, 0.717) is 32.5 Å². The minimum absolute atomic E-state index is 0.0712. The number of para-hydroxylation sites is 1. The number of hydrogen-bond donors (Lipinski definition) is 1. The van der Waals surface area contributed by atoms with E-state index in [4.69, 9.17) is 4.74 Å². The number of nitrogens with zero attached hydrogens (tertiary/aromatic N) is 2. The van der Waals surface area contributed by atoms with Crippen LogP contribution in [0.3, 0.4) is 0 Å². The van der Waals surface area contributed by atoms with Gasteiger partial charge in [-0.3, -0.25) is 9.59 Å². The van der Waals surface area contributed by atoms with Crippen molar-refractivity contribution in [2.24, 2.45) is 5.92 Å². The molecule has 1 N–H and O–H groups in total. The van der Waals surface area contributed by atoms with Gasteiger partial charge in [0.25, 0.3) is 0 Å². The van der Waals surface area contributed by atoms with Crippen LogP contribution >= 0.6 is 0 Å². The average Bonchev–Trinajstić information content (AvgIpc) is 2.92. The molecule has 2 atom stereocenters. The van der Waals surface area contributed by atoms with Crippen molar-refractivity contribution in [2.45, 2.75) is 45.3 Å². The van der Waals surface area contributed by atoms with Crippen LogP contribution in [0.5, 0.6) is 5.75 Å². The first-order valence-corrected chi connectivity index (χ1v) is 11.3. The lowest BCUT2D eigenvalue weighted by atomic mass is 10.0. The minimum atomic E-state index is -0.626. The Kier molecular flexibility index (Phi) is 8.28. The van der Waals surface area contributed by atoms with Gasteiger partial charge in [0.1, 0.15) is 18.4 Å².